The summed E-state index contributed by atoms with van der Waals surface area (Å²) in [6, 6.07) is 8.74. The van der Waals surface area contributed by atoms with Crippen LogP contribution in [0.1, 0.15) is 32.6 Å². The molecule has 3 N–H and O–H groups in total. The lowest BCUT2D eigenvalue weighted by Crippen LogP contribution is -2.23. The number of rotatable bonds is 6. The number of primary amides is 1. The van der Waals surface area contributed by atoms with Crippen LogP contribution in [0, 0.1) is 5.92 Å². The van der Waals surface area contributed by atoms with Gasteiger partial charge in [-0.1, -0.05) is 31.9 Å². The van der Waals surface area contributed by atoms with E-state index in [0.29, 0.717) is 11.8 Å². The molecule has 0 saturated heterocycles. The number of carbonyl (C=O) groups excluding carboxylic acids is 1. The van der Waals surface area contributed by atoms with Crippen LogP contribution in [0.15, 0.2) is 29.2 Å². The van der Waals surface area contributed by atoms with Crippen molar-refractivity contribution in [3.05, 3.63) is 24.3 Å². The molecule has 0 radical (unpaired) electrons. The molecule has 1 aromatic rings. The third-order valence-electron chi connectivity index (χ3n) is 3.78. The molecule has 19 heavy (non-hydrogen) atoms. The van der Waals surface area contributed by atoms with Crippen LogP contribution in [0.5, 0.6) is 0 Å². The summed E-state index contributed by atoms with van der Waals surface area (Å²) in [4.78, 5) is 12.0. The molecule has 2 rings (SSSR count). The predicted octanol–water partition coefficient (Wildman–Crippen LogP) is 3.25. The minimum absolute atomic E-state index is 0.271. The standard InChI is InChI=1S/C15H22N2OS/c1-2-11-6-5-8-12(11)17-13-7-3-4-9-14(13)19-10-15(16)18/h3-4,7,9,11-12,17H,2,5-6,8,10H2,1H3,(H2,16,18). The summed E-state index contributed by atoms with van der Waals surface area (Å²) in [6.07, 6.45) is 5.11. The van der Waals surface area contributed by atoms with Crippen LogP contribution < -0.4 is 11.1 Å². The Bertz CT molecular complexity index is 436. The summed E-state index contributed by atoms with van der Waals surface area (Å²) >= 11 is 1.51. The molecule has 1 aliphatic rings. The number of amides is 1. The third kappa shape index (κ3) is 3.90. The second-order valence-electron chi connectivity index (χ2n) is 5.10. The van der Waals surface area contributed by atoms with E-state index in [9.17, 15) is 4.79 Å². The highest BCUT2D eigenvalue weighted by atomic mass is 32.2. The maximum absolute atomic E-state index is 10.9. The van der Waals surface area contributed by atoms with Gasteiger partial charge in [-0.25, -0.2) is 0 Å². The number of anilines is 1. The number of nitrogens with two attached hydrogens (primary N) is 1. The van der Waals surface area contributed by atoms with Crippen LogP contribution in [0.2, 0.25) is 0 Å². The van der Waals surface area contributed by atoms with E-state index in [2.05, 4.69) is 18.3 Å². The summed E-state index contributed by atoms with van der Waals surface area (Å²) in [5, 5.41) is 3.66. The van der Waals surface area contributed by atoms with Gasteiger partial charge in [0.1, 0.15) is 0 Å². The van der Waals surface area contributed by atoms with E-state index in [1.54, 1.807) is 0 Å². The highest BCUT2D eigenvalue weighted by Crippen LogP contribution is 2.34. The molecule has 0 bridgehead atoms. The van der Waals surface area contributed by atoms with E-state index < -0.39 is 0 Å². The van der Waals surface area contributed by atoms with Gasteiger partial charge in [-0.2, -0.15) is 0 Å². The first-order valence-electron chi connectivity index (χ1n) is 6.97. The van der Waals surface area contributed by atoms with Crippen molar-refractivity contribution in [1.82, 2.24) is 0 Å². The van der Waals surface area contributed by atoms with Crippen molar-refractivity contribution in [1.29, 1.82) is 0 Å². The molecule has 1 fully saturated rings. The average Bonchev–Trinajstić information content (AvgIpc) is 2.85. The van der Waals surface area contributed by atoms with Gasteiger partial charge in [0.25, 0.3) is 0 Å². The number of hydrogen-bond acceptors (Lipinski definition) is 3. The Morgan fingerprint density at radius 3 is 2.95 bits per heavy atom. The summed E-state index contributed by atoms with van der Waals surface area (Å²) < 4.78 is 0. The SMILES string of the molecule is CCC1CCCC1Nc1ccccc1SCC(N)=O. The van der Waals surface area contributed by atoms with Gasteiger partial charge in [-0.15, -0.1) is 11.8 Å². The van der Waals surface area contributed by atoms with Crippen LogP contribution >= 0.6 is 11.8 Å². The summed E-state index contributed by atoms with van der Waals surface area (Å²) in [7, 11) is 0. The molecular weight excluding hydrogens is 256 g/mol. The van der Waals surface area contributed by atoms with Crippen molar-refractivity contribution in [2.45, 2.75) is 43.5 Å². The fourth-order valence-electron chi connectivity index (χ4n) is 2.78. The van der Waals surface area contributed by atoms with Crippen molar-refractivity contribution in [2.24, 2.45) is 11.7 Å². The van der Waals surface area contributed by atoms with E-state index >= 15 is 0 Å². The highest BCUT2D eigenvalue weighted by molar-refractivity contribution is 8.00. The lowest BCUT2D eigenvalue weighted by molar-refractivity contribution is -0.115. The Hall–Kier alpha value is -1.16. The van der Waals surface area contributed by atoms with Crippen molar-refractivity contribution in [3.63, 3.8) is 0 Å². The maximum atomic E-state index is 10.9. The third-order valence-corrected chi connectivity index (χ3v) is 4.88. The van der Waals surface area contributed by atoms with Crippen LogP contribution in [0.3, 0.4) is 0 Å². The molecule has 1 aromatic carbocycles. The molecule has 2 unspecified atom stereocenters. The molecule has 1 saturated carbocycles. The van der Waals surface area contributed by atoms with E-state index in [1.807, 2.05) is 18.2 Å². The molecule has 1 amide bonds. The average molecular weight is 278 g/mol. The minimum atomic E-state index is -0.271. The van der Waals surface area contributed by atoms with Gasteiger partial charge in [0.2, 0.25) is 5.91 Å². The first-order chi connectivity index (χ1) is 9.20. The fraction of sp³-hybridized carbons (Fsp3) is 0.533. The van der Waals surface area contributed by atoms with Crippen molar-refractivity contribution in [2.75, 3.05) is 11.1 Å². The Kier molecular flexibility index (Phi) is 5.14. The lowest BCUT2D eigenvalue weighted by Gasteiger charge is -2.22. The molecule has 0 spiro atoms. The zero-order valence-electron chi connectivity index (χ0n) is 11.4. The Morgan fingerprint density at radius 1 is 1.42 bits per heavy atom. The molecular formula is C15H22N2OS. The molecule has 2 atom stereocenters. The first-order valence-corrected chi connectivity index (χ1v) is 7.96. The van der Waals surface area contributed by atoms with Crippen molar-refractivity contribution < 1.29 is 4.79 Å². The zero-order valence-corrected chi connectivity index (χ0v) is 12.2. The van der Waals surface area contributed by atoms with E-state index in [1.165, 1.54) is 37.4 Å². The number of para-hydroxylation sites is 1. The predicted molar refractivity (Wildman–Crippen MR) is 81.4 cm³/mol. The highest BCUT2D eigenvalue weighted by Gasteiger charge is 2.25. The van der Waals surface area contributed by atoms with Gasteiger partial charge in [0.15, 0.2) is 0 Å². The number of carbonyl (C=O) groups is 1. The fourth-order valence-corrected chi connectivity index (χ4v) is 3.53. The first kappa shape index (κ1) is 14.3. The molecule has 4 heteroatoms. The number of nitrogens with one attached hydrogen (secondary N) is 1. The normalized spacial score (nSPS) is 22.4. The van der Waals surface area contributed by atoms with Crippen molar-refractivity contribution in [3.8, 4) is 0 Å². The summed E-state index contributed by atoms with van der Waals surface area (Å²) in [6.45, 7) is 2.26. The van der Waals surface area contributed by atoms with Crippen molar-refractivity contribution >= 4 is 23.4 Å². The van der Waals surface area contributed by atoms with Crippen LogP contribution in [-0.4, -0.2) is 17.7 Å². The largest absolute Gasteiger partial charge is 0.381 e. The molecule has 0 aromatic heterocycles. The van der Waals surface area contributed by atoms with Gasteiger partial charge >= 0.3 is 0 Å². The van der Waals surface area contributed by atoms with Gasteiger partial charge in [0.05, 0.1) is 5.75 Å². The van der Waals surface area contributed by atoms with Gasteiger partial charge in [0, 0.05) is 16.6 Å². The van der Waals surface area contributed by atoms with Crippen LogP contribution in [0.4, 0.5) is 5.69 Å². The van der Waals surface area contributed by atoms with Crippen LogP contribution in [-0.2, 0) is 4.79 Å². The molecule has 1 aliphatic carbocycles. The summed E-state index contributed by atoms with van der Waals surface area (Å²) in [5.74, 6) is 0.835. The number of thioether (sulfide) groups is 1. The Labute approximate surface area is 119 Å². The quantitative estimate of drug-likeness (QED) is 0.785. The Morgan fingerprint density at radius 2 is 2.21 bits per heavy atom. The minimum Gasteiger partial charge on any atom is -0.381 e. The van der Waals surface area contributed by atoms with Crippen LogP contribution in [0.25, 0.3) is 0 Å². The zero-order chi connectivity index (χ0) is 13.7. The molecule has 3 nitrogen and oxygen atoms in total. The number of hydrogen-bond donors (Lipinski definition) is 2. The Balaban J connectivity index is 2.04. The van der Waals surface area contributed by atoms with E-state index in [4.69, 9.17) is 5.73 Å². The van der Waals surface area contributed by atoms with Gasteiger partial charge in [-0.05, 0) is 30.9 Å². The molecule has 0 aliphatic heterocycles. The molecule has 104 valence electrons. The van der Waals surface area contributed by atoms with Gasteiger partial charge < -0.3 is 11.1 Å². The topological polar surface area (TPSA) is 55.1 Å². The monoisotopic (exact) mass is 278 g/mol. The van der Waals surface area contributed by atoms with E-state index in [0.717, 1.165) is 16.5 Å². The van der Waals surface area contributed by atoms with E-state index in [-0.39, 0.29) is 5.91 Å². The number of benzene rings is 1. The summed E-state index contributed by atoms with van der Waals surface area (Å²) in [5.41, 5.74) is 6.36. The second-order valence-corrected chi connectivity index (χ2v) is 6.12. The lowest BCUT2D eigenvalue weighted by atomic mass is 10.0. The second kappa shape index (κ2) is 6.85. The van der Waals surface area contributed by atoms with Gasteiger partial charge in [-0.3, -0.25) is 4.79 Å². The molecule has 0 heterocycles. The smallest absolute Gasteiger partial charge is 0.227 e. The maximum Gasteiger partial charge on any atom is 0.227 e.